The Morgan fingerprint density at radius 3 is 2.75 bits per heavy atom. The number of halogens is 1. The maximum absolute atomic E-state index is 12.0. The van der Waals surface area contributed by atoms with E-state index < -0.39 is 0 Å². The Morgan fingerprint density at radius 1 is 1.12 bits per heavy atom. The molecular weight excluding hydrogens is 350 g/mol. The van der Waals surface area contributed by atoms with Gasteiger partial charge < -0.3 is 14.8 Å². The van der Waals surface area contributed by atoms with E-state index in [1.807, 2.05) is 18.2 Å². The number of nitrogens with one attached hydrogen (secondary N) is 3. The fourth-order valence-corrected chi connectivity index (χ4v) is 2.45. The lowest BCUT2D eigenvalue weighted by molar-refractivity contribution is 0.0944. The molecule has 0 aliphatic carbocycles. The highest BCUT2D eigenvalue weighted by atomic mass is 35.5. The smallest absolute Gasteiger partial charge is 0.271 e. The molecule has 1 heterocycles. The van der Waals surface area contributed by atoms with Crippen molar-refractivity contribution in [1.82, 2.24) is 16.2 Å². The molecule has 2 aromatic carbocycles. The van der Waals surface area contributed by atoms with Gasteiger partial charge in [0.1, 0.15) is 0 Å². The van der Waals surface area contributed by atoms with Gasteiger partial charge in [-0.1, -0.05) is 29.8 Å². The van der Waals surface area contributed by atoms with E-state index >= 15 is 0 Å². The van der Waals surface area contributed by atoms with Crippen LogP contribution in [-0.2, 0) is 6.54 Å². The number of carbonyl (C=O) groups excluding carboxylic acids is 1. The van der Waals surface area contributed by atoms with Crippen LogP contribution in [0.5, 0.6) is 11.5 Å². The number of rotatable bonds is 3. The standard InChI is InChI=1S/C16H14ClN3O3S/c17-12-4-2-1-3-11(12)15(21)19-20-16(24)18-8-10-5-6-13-14(7-10)23-9-22-13/h1-7H,8-9H2,(H,19,21)(H2,18,20,24). The molecule has 0 aromatic heterocycles. The van der Waals surface area contributed by atoms with Crippen molar-refractivity contribution in [3.8, 4) is 11.5 Å². The molecule has 0 radical (unpaired) electrons. The lowest BCUT2D eigenvalue weighted by Crippen LogP contribution is -2.46. The van der Waals surface area contributed by atoms with Crippen molar-refractivity contribution in [2.75, 3.05) is 6.79 Å². The number of amides is 1. The van der Waals surface area contributed by atoms with Crippen LogP contribution in [0.4, 0.5) is 0 Å². The van der Waals surface area contributed by atoms with Gasteiger partial charge in [-0.3, -0.25) is 15.6 Å². The Balaban J connectivity index is 1.48. The van der Waals surface area contributed by atoms with Crippen LogP contribution in [0.25, 0.3) is 0 Å². The highest BCUT2D eigenvalue weighted by Gasteiger charge is 2.13. The summed E-state index contributed by atoms with van der Waals surface area (Å²) < 4.78 is 10.6. The molecular formula is C16H14ClN3O3S. The van der Waals surface area contributed by atoms with E-state index in [1.165, 1.54) is 0 Å². The molecule has 0 fully saturated rings. The van der Waals surface area contributed by atoms with Crippen molar-refractivity contribution in [2.45, 2.75) is 6.54 Å². The quantitative estimate of drug-likeness (QED) is 0.574. The van der Waals surface area contributed by atoms with Crippen LogP contribution in [0.2, 0.25) is 5.02 Å². The van der Waals surface area contributed by atoms with Gasteiger partial charge in [0, 0.05) is 6.54 Å². The largest absolute Gasteiger partial charge is 0.454 e. The average Bonchev–Trinajstić information content (AvgIpc) is 3.06. The van der Waals surface area contributed by atoms with Gasteiger partial charge in [0.25, 0.3) is 5.91 Å². The molecule has 8 heteroatoms. The van der Waals surface area contributed by atoms with Crippen LogP contribution >= 0.6 is 23.8 Å². The van der Waals surface area contributed by atoms with Gasteiger partial charge in [-0.05, 0) is 42.0 Å². The zero-order chi connectivity index (χ0) is 16.9. The minimum absolute atomic E-state index is 0.236. The van der Waals surface area contributed by atoms with Crippen LogP contribution < -0.4 is 25.6 Å². The Hall–Kier alpha value is -2.51. The van der Waals surface area contributed by atoms with Crippen molar-refractivity contribution >= 4 is 34.8 Å². The summed E-state index contributed by atoms with van der Waals surface area (Å²) >= 11 is 11.1. The minimum Gasteiger partial charge on any atom is -0.454 e. The monoisotopic (exact) mass is 363 g/mol. The van der Waals surface area contributed by atoms with Crippen LogP contribution in [0.1, 0.15) is 15.9 Å². The van der Waals surface area contributed by atoms with E-state index in [0.29, 0.717) is 22.9 Å². The van der Waals surface area contributed by atoms with Crippen molar-refractivity contribution in [2.24, 2.45) is 0 Å². The molecule has 0 saturated carbocycles. The molecule has 2 aromatic rings. The number of hydrazine groups is 1. The van der Waals surface area contributed by atoms with E-state index in [4.69, 9.17) is 33.3 Å². The van der Waals surface area contributed by atoms with Crippen LogP contribution in [0, 0.1) is 0 Å². The van der Waals surface area contributed by atoms with E-state index in [-0.39, 0.29) is 17.8 Å². The molecule has 1 aliphatic heterocycles. The summed E-state index contributed by atoms with van der Waals surface area (Å²) in [5, 5.41) is 3.64. The molecule has 0 saturated heterocycles. The van der Waals surface area contributed by atoms with Gasteiger partial charge in [0.2, 0.25) is 6.79 Å². The summed E-state index contributed by atoms with van der Waals surface area (Å²) in [4.78, 5) is 12.0. The number of carbonyl (C=O) groups is 1. The number of fused-ring (bicyclic) bond motifs is 1. The highest BCUT2D eigenvalue weighted by molar-refractivity contribution is 7.80. The fraction of sp³-hybridized carbons (Fsp3) is 0.125. The third kappa shape index (κ3) is 3.87. The first-order chi connectivity index (χ1) is 11.6. The molecule has 0 bridgehead atoms. The first-order valence-electron chi connectivity index (χ1n) is 7.11. The molecule has 1 aliphatic rings. The van der Waals surface area contributed by atoms with Crippen molar-refractivity contribution in [1.29, 1.82) is 0 Å². The first kappa shape index (κ1) is 16.4. The Morgan fingerprint density at radius 2 is 1.92 bits per heavy atom. The second-order valence-electron chi connectivity index (χ2n) is 4.93. The predicted octanol–water partition coefficient (Wildman–Crippen LogP) is 2.38. The maximum Gasteiger partial charge on any atom is 0.271 e. The van der Waals surface area contributed by atoms with E-state index in [9.17, 15) is 4.79 Å². The topological polar surface area (TPSA) is 71.6 Å². The van der Waals surface area contributed by atoms with E-state index in [2.05, 4.69) is 16.2 Å². The number of ether oxygens (including phenoxy) is 2. The van der Waals surface area contributed by atoms with Crippen LogP contribution in [0.3, 0.4) is 0 Å². The molecule has 6 nitrogen and oxygen atoms in total. The van der Waals surface area contributed by atoms with Gasteiger partial charge in [0.05, 0.1) is 10.6 Å². The lowest BCUT2D eigenvalue weighted by Gasteiger charge is -2.12. The van der Waals surface area contributed by atoms with Crippen molar-refractivity contribution in [3.05, 3.63) is 58.6 Å². The minimum atomic E-state index is -0.368. The lowest BCUT2D eigenvalue weighted by atomic mass is 10.2. The first-order valence-corrected chi connectivity index (χ1v) is 7.89. The predicted molar refractivity (Wildman–Crippen MR) is 94.1 cm³/mol. The van der Waals surface area contributed by atoms with Crippen molar-refractivity contribution in [3.63, 3.8) is 0 Å². The van der Waals surface area contributed by atoms with Gasteiger partial charge in [-0.25, -0.2) is 0 Å². The van der Waals surface area contributed by atoms with Gasteiger partial charge in [-0.15, -0.1) is 0 Å². The zero-order valence-electron chi connectivity index (χ0n) is 12.5. The van der Waals surface area contributed by atoms with Gasteiger partial charge >= 0.3 is 0 Å². The Kier molecular flexibility index (Phi) is 5.02. The molecule has 24 heavy (non-hydrogen) atoms. The van der Waals surface area contributed by atoms with Crippen molar-refractivity contribution < 1.29 is 14.3 Å². The number of hydrogen-bond acceptors (Lipinski definition) is 4. The van der Waals surface area contributed by atoms with Gasteiger partial charge in [-0.2, -0.15) is 0 Å². The summed E-state index contributed by atoms with van der Waals surface area (Å²) in [6.45, 7) is 0.713. The zero-order valence-corrected chi connectivity index (χ0v) is 14.0. The van der Waals surface area contributed by atoms with Crippen LogP contribution in [0.15, 0.2) is 42.5 Å². The SMILES string of the molecule is O=C(NNC(=S)NCc1ccc2c(c1)OCO2)c1ccccc1Cl. The number of benzene rings is 2. The molecule has 3 rings (SSSR count). The summed E-state index contributed by atoms with van der Waals surface area (Å²) in [6.07, 6.45) is 0. The second-order valence-corrected chi connectivity index (χ2v) is 5.74. The summed E-state index contributed by atoms with van der Waals surface area (Å²) in [5.41, 5.74) is 6.47. The average molecular weight is 364 g/mol. The van der Waals surface area contributed by atoms with E-state index in [0.717, 1.165) is 11.3 Å². The molecule has 0 spiro atoms. The molecule has 0 atom stereocenters. The number of hydrogen-bond donors (Lipinski definition) is 3. The van der Waals surface area contributed by atoms with E-state index in [1.54, 1.807) is 24.3 Å². The second kappa shape index (κ2) is 7.37. The third-order valence-corrected chi connectivity index (χ3v) is 3.87. The number of thiocarbonyl (C=S) groups is 1. The molecule has 124 valence electrons. The summed E-state index contributed by atoms with van der Waals surface area (Å²) in [5.74, 6) is 1.07. The normalized spacial score (nSPS) is 11.7. The summed E-state index contributed by atoms with van der Waals surface area (Å²) in [6, 6.07) is 12.4. The Bertz CT molecular complexity index is 785. The van der Waals surface area contributed by atoms with Crippen LogP contribution in [-0.4, -0.2) is 17.8 Å². The summed E-state index contributed by atoms with van der Waals surface area (Å²) in [7, 11) is 0. The van der Waals surface area contributed by atoms with Gasteiger partial charge in [0.15, 0.2) is 16.6 Å². The fourth-order valence-electron chi connectivity index (χ4n) is 2.10. The molecule has 0 unspecified atom stereocenters. The Labute approximate surface area is 149 Å². The highest BCUT2D eigenvalue weighted by Crippen LogP contribution is 2.32. The maximum atomic E-state index is 12.0. The molecule has 3 N–H and O–H groups in total. The third-order valence-electron chi connectivity index (χ3n) is 3.30. The molecule has 1 amide bonds.